The second-order valence-electron chi connectivity index (χ2n) is 4.88. The summed E-state index contributed by atoms with van der Waals surface area (Å²) in [7, 11) is 1.50. The first-order valence-electron chi connectivity index (χ1n) is 6.98. The third kappa shape index (κ3) is 4.37. The van der Waals surface area contributed by atoms with Gasteiger partial charge in [-0.2, -0.15) is 0 Å². The van der Waals surface area contributed by atoms with E-state index in [2.05, 4.69) is 15.6 Å². The zero-order valence-electron chi connectivity index (χ0n) is 13.0. The van der Waals surface area contributed by atoms with Crippen molar-refractivity contribution >= 4 is 40.7 Å². The van der Waals surface area contributed by atoms with Gasteiger partial charge >= 0.3 is 0 Å². The number of hydrogen-bond acceptors (Lipinski definition) is 4. The van der Waals surface area contributed by atoms with Gasteiger partial charge in [0.1, 0.15) is 6.04 Å². The summed E-state index contributed by atoms with van der Waals surface area (Å²) in [6.45, 7) is 1.56. The van der Waals surface area contributed by atoms with Crippen LogP contribution >= 0.6 is 23.2 Å². The number of anilines is 1. The van der Waals surface area contributed by atoms with Crippen LogP contribution in [0.3, 0.4) is 0 Å². The van der Waals surface area contributed by atoms with Crippen molar-refractivity contribution in [3.05, 3.63) is 52.1 Å². The number of pyridine rings is 1. The van der Waals surface area contributed by atoms with Crippen LogP contribution in [0.5, 0.6) is 5.88 Å². The molecule has 8 heteroatoms. The third-order valence-corrected chi connectivity index (χ3v) is 3.97. The van der Waals surface area contributed by atoms with Crippen LogP contribution in [0.25, 0.3) is 0 Å². The molecule has 2 N–H and O–H groups in total. The standard InChI is InChI=1S/C16H15Cl2N3O3/c1-9(15(22)21-10-6-7-13(24-2)19-8-10)20-16(23)11-4-3-5-12(17)14(11)18/h3-9H,1-2H3,(H,20,23)(H,21,22). The van der Waals surface area contributed by atoms with Crippen LogP contribution in [-0.2, 0) is 4.79 Å². The normalized spacial score (nSPS) is 11.5. The Morgan fingerprint density at radius 2 is 1.96 bits per heavy atom. The lowest BCUT2D eigenvalue weighted by atomic mass is 10.2. The van der Waals surface area contributed by atoms with Gasteiger partial charge < -0.3 is 15.4 Å². The van der Waals surface area contributed by atoms with Gasteiger partial charge in [0, 0.05) is 6.07 Å². The van der Waals surface area contributed by atoms with Crippen LogP contribution in [-0.4, -0.2) is 29.9 Å². The molecule has 0 aliphatic heterocycles. The highest BCUT2D eigenvalue weighted by Crippen LogP contribution is 2.25. The van der Waals surface area contributed by atoms with Crippen LogP contribution in [0.2, 0.25) is 10.0 Å². The first kappa shape index (κ1) is 18.0. The fraction of sp³-hybridized carbons (Fsp3) is 0.188. The van der Waals surface area contributed by atoms with E-state index in [4.69, 9.17) is 27.9 Å². The molecule has 1 unspecified atom stereocenters. The molecule has 0 saturated carbocycles. The van der Waals surface area contributed by atoms with Crippen molar-refractivity contribution in [1.82, 2.24) is 10.3 Å². The molecular formula is C16H15Cl2N3O3. The molecule has 1 aromatic carbocycles. The van der Waals surface area contributed by atoms with E-state index >= 15 is 0 Å². The summed E-state index contributed by atoms with van der Waals surface area (Å²) in [5.41, 5.74) is 0.692. The largest absolute Gasteiger partial charge is 0.481 e. The molecular weight excluding hydrogens is 353 g/mol. The Labute approximate surface area is 149 Å². The molecule has 0 aliphatic carbocycles. The lowest BCUT2D eigenvalue weighted by Gasteiger charge is -2.15. The number of nitrogens with zero attached hydrogens (tertiary/aromatic N) is 1. The maximum absolute atomic E-state index is 12.2. The average molecular weight is 368 g/mol. The maximum atomic E-state index is 12.2. The van der Waals surface area contributed by atoms with Gasteiger partial charge in [0.2, 0.25) is 11.8 Å². The number of benzene rings is 1. The molecule has 2 aromatic rings. The minimum atomic E-state index is -0.783. The predicted octanol–water partition coefficient (Wildman–Crippen LogP) is 3.15. The molecule has 1 atom stereocenters. The highest BCUT2D eigenvalue weighted by Gasteiger charge is 2.19. The highest BCUT2D eigenvalue weighted by atomic mass is 35.5. The van der Waals surface area contributed by atoms with Gasteiger partial charge in [-0.15, -0.1) is 0 Å². The monoisotopic (exact) mass is 367 g/mol. The number of rotatable bonds is 5. The van der Waals surface area contributed by atoms with Crippen LogP contribution in [0.1, 0.15) is 17.3 Å². The zero-order valence-corrected chi connectivity index (χ0v) is 14.5. The number of nitrogens with one attached hydrogen (secondary N) is 2. The fourth-order valence-corrected chi connectivity index (χ4v) is 2.23. The minimum Gasteiger partial charge on any atom is -0.481 e. The van der Waals surface area contributed by atoms with Gasteiger partial charge in [0.25, 0.3) is 5.91 Å². The topological polar surface area (TPSA) is 80.3 Å². The highest BCUT2D eigenvalue weighted by molar-refractivity contribution is 6.43. The minimum absolute atomic E-state index is 0.142. The number of methoxy groups -OCH3 is 1. The molecule has 126 valence electrons. The second kappa shape index (κ2) is 7.99. The maximum Gasteiger partial charge on any atom is 0.253 e. The summed E-state index contributed by atoms with van der Waals surface area (Å²) >= 11 is 11.9. The molecule has 0 spiro atoms. The molecule has 1 heterocycles. The van der Waals surface area contributed by atoms with E-state index in [1.807, 2.05) is 0 Å². The first-order valence-corrected chi connectivity index (χ1v) is 7.73. The third-order valence-electron chi connectivity index (χ3n) is 3.15. The molecule has 6 nitrogen and oxygen atoms in total. The Morgan fingerprint density at radius 3 is 2.58 bits per heavy atom. The second-order valence-corrected chi connectivity index (χ2v) is 5.66. The van der Waals surface area contributed by atoms with Crippen LogP contribution in [0, 0.1) is 0 Å². The number of aromatic nitrogens is 1. The van der Waals surface area contributed by atoms with Gasteiger partial charge in [0.05, 0.1) is 34.6 Å². The van der Waals surface area contributed by atoms with Gasteiger partial charge in [-0.3, -0.25) is 9.59 Å². The van der Waals surface area contributed by atoms with Crippen molar-refractivity contribution in [3.8, 4) is 5.88 Å². The van der Waals surface area contributed by atoms with E-state index in [1.165, 1.54) is 19.4 Å². The van der Waals surface area contributed by atoms with Crippen LogP contribution in [0.4, 0.5) is 5.69 Å². The lowest BCUT2D eigenvalue weighted by molar-refractivity contribution is -0.117. The molecule has 1 aromatic heterocycles. The van der Waals surface area contributed by atoms with Crippen molar-refractivity contribution in [1.29, 1.82) is 0 Å². The summed E-state index contributed by atoms with van der Waals surface area (Å²) in [5.74, 6) is -0.448. The van der Waals surface area contributed by atoms with Crippen molar-refractivity contribution < 1.29 is 14.3 Å². The molecule has 24 heavy (non-hydrogen) atoms. The van der Waals surface area contributed by atoms with Crippen molar-refractivity contribution in [2.45, 2.75) is 13.0 Å². The number of ether oxygens (including phenoxy) is 1. The number of amides is 2. The Kier molecular flexibility index (Phi) is 6.00. The first-order chi connectivity index (χ1) is 11.4. The number of carbonyl (C=O) groups excluding carboxylic acids is 2. The Balaban J connectivity index is 2.00. The fourth-order valence-electron chi connectivity index (χ4n) is 1.84. The molecule has 0 radical (unpaired) electrons. The van der Waals surface area contributed by atoms with Crippen molar-refractivity contribution in [2.75, 3.05) is 12.4 Å². The van der Waals surface area contributed by atoms with Gasteiger partial charge in [0.15, 0.2) is 0 Å². The van der Waals surface area contributed by atoms with Gasteiger partial charge in [-0.25, -0.2) is 4.98 Å². The summed E-state index contributed by atoms with van der Waals surface area (Å²) in [4.78, 5) is 28.3. The van der Waals surface area contributed by atoms with E-state index in [1.54, 1.807) is 31.2 Å². The van der Waals surface area contributed by atoms with Crippen LogP contribution < -0.4 is 15.4 Å². The van der Waals surface area contributed by atoms with Gasteiger partial charge in [-0.1, -0.05) is 29.3 Å². The van der Waals surface area contributed by atoms with E-state index in [9.17, 15) is 9.59 Å². The number of hydrogen-bond donors (Lipinski definition) is 2. The SMILES string of the molecule is COc1ccc(NC(=O)C(C)NC(=O)c2cccc(Cl)c2Cl)cn1. The molecule has 0 aliphatic rings. The molecule has 0 saturated heterocycles. The zero-order chi connectivity index (χ0) is 17.7. The number of halogens is 2. The predicted molar refractivity (Wildman–Crippen MR) is 92.8 cm³/mol. The quantitative estimate of drug-likeness (QED) is 0.850. The van der Waals surface area contributed by atoms with Crippen molar-refractivity contribution in [3.63, 3.8) is 0 Å². The molecule has 2 rings (SSSR count). The average Bonchev–Trinajstić information content (AvgIpc) is 2.57. The van der Waals surface area contributed by atoms with Gasteiger partial charge in [-0.05, 0) is 25.1 Å². The molecule has 0 bridgehead atoms. The Bertz CT molecular complexity index is 751. The van der Waals surface area contributed by atoms with E-state index < -0.39 is 17.9 Å². The smallest absolute Gasteiger partial charge is 0.253 e. The van der Waals surface area contributed by atoms with E-state index in [0.717, 1.165) is 0 Å². The Morgan fingerprint density at radius 1 is 1.21 bits per heavy atom. The summed E-state index contributed by atoms with van der Waals surface area (Å²) in [6.07, 6.45) is 1.46. The summed E-state index contributed by atoms with van der Waals surface area (Å²) in [5, 5.41) is 5.62. The Hall–Kier alpha value is -2.31. The van der Waals surface area contributed by atoms with Crippen molar-refractivity contribution in [2.24, 2.45) is 0 Å². The molecule has 2 amide bonds. The van der Waals surface area contributed by atoms with E-state index in [0.29, 0.717) is 11.6 Å². The number of carbonyl (C=O) groups is 2. The lowest BCUT2D eigenvalue weighted by Crippen LogP contribution is -2.41. The molecule has 0 fully saturated rings. The van der Waals surface area contributed by atoms with Crippen LogP contribution in [0.15, 0.2) is 36.5 Å². The summed E-state index contributed by atoms with van der Waals surface area (Å²) < 4.78 is 4.94. The summed E-state index contributed by atoms with van der Waals surface area (Å²) in [6, 6.07) is 7.19. The van der Waals surface area contributed by atoms with E-state index in [-0.39, 0.29) is 15.6 Å².